The van der Waals surface area contributed by atoms with Gasteiger partial charge in [0.1, 0.15) is 72.3 Å². The summed E-state index contributed by atoms with van der Waals surface area (Å²) in [4.78, 5) is 12.5. The lowest BCUT2D eigenvalue weighted by Crippen LogP contribution is -2.62. The fraction of sp³-hybridized carbons (Fsp3) is 0.368. The van der Waals surface area contributed by atoms with Gasteiger partial charge in [0.15, 0.2) is 29.3 Å². The van der Waals surface area contributed by atoms with E-state index in [1.54, 1.807) is 0 Å². The zero-order chi connectivity index (χ0) is 42.0. The Morgan fingerprint density at radius 1 is 0.690 bits per heavy atom. The molecule has 0 saturated carbocycles. The van der Waals surface area contributed by atoms with Crippen LogP contribution in [-0.4, -0.2) is 151 Å². The number of aliphatic hydroxyl groups is 6. The van der Waals surface area contributed by atoms with Crippen molar-refractivity contribution in [2.75, 3.05) is 27.4 Å². The third-order valence-electron chi connectivity index (χ3n) is 9.36. The second kappa shape index (κ2) is 17.4. The molecule has 2 aliphatic rings. The monoisotopic (exact) mass is 817 g/mol. The lowest BCUT2D eigenvalue weighted by atomic mass is 9.98. The van der Waals surface area contributed by atoms with E-state index < -0.39 is 97.8 Å². The van der Waals surface area contributed by atoms with Gasteiger partial charge in [-0.05, 0) is 35.9 Å². The number of carbonyl (C=O) groups is 1. The molecule has 20 heteroatoms. The van der Waals surface area contributed by atoms with Gasteiger partial charge in [-0.15, -0.1) is 0 Å². The molecule has 0 aliphatic carbocycles. The summed E-state index contributed by atoms with van der Waals surface area (Å²) in [5, 5.41) is 115. The highest BCUT2D eigenvalue weighted by atomic mass is 16.7. The molecule has 1 aromatic heterocycles. The van der Waals surface area contributed by atoms with Crippen LogP contribution in [0.25, 0.3) is 28.4 Å². The van der Waals surface area contributed by atoms with Gasteiger partial charge in [0.25, 0.3) is 0 Å². The van der Waals surface area contributed by atoms with Gasteiger partial charge in [0, 0.05) is 24.3 Å². The molecule has 6 rings (SSSR count). The smallest absolute Gasteiger partial charge is 0.402 e. The van der Waals surface area contributed by atoms with E-state index >= 15 is 0 Å². The van der Waals surface area contributed by atoms with Crippen LogP contribution in [0, 0.1) is 0 Å². The van der Waals surface area contributed by atoms with Gasteiger partial charge in [-0.2, -0.15) is 0 Å². The molecule has 58 heavy (non-hydrogen) atoms. The first-order valence-electron chi connectivity index (χ1n) is 17.4. The highest BCUT2D eigenvalue weighted by Gasteiger charge is 2.48. The van der Waals surface area contributed by atoms with Gasteiger partial charge in [-0.1, -0.05) is 0 Å². The van der Waals surface area contributed by atoms with Crippen molar-refractivity contribution in [1.29, 1.82) is 0 Å². The summed E-state index contributed by atoms with van der Waals surface area (Å²) in [5.74, 6) is -3.19. The topological polar surface area (TPSA) is 316 Å². The Bertz CT molecular complexity index is 2120. The first kappa shape index (κ1) is 41.9. The van der Waals surface area contributed by atoms with Crippen LogP contribution < -0.4 is 14.2 Å². The fourth-order valence-electron chi connectivity index (χ4n) is 6.18. The van der Waals surface area contributed by atoms with Crippen molar-refractivity contribution >= 4 is 23.0 Å². The number of hydrogen-bond acceptors (Lipinski definition) is 19. The Hall–Kier alpha value is -5.68. The van der Waals surface area contributed by atoms with Crippen molar-refractivity contribution in [3.8, 4) is 57.3 Å². The number of esters is 1. The second-order valence-corrected chi connectivity index (χ2v) is 13.2. The van der Waals surface area contributed by atoms with E-state index in [9.17, 15) is 61.0 Å². The zero-order valence-electron chi connectivity index (χ0n) is 30.6. The summed E-state index contributed by atoms with van der Waals surface area (Å²) < 4.78 is 44.1. The van der Waals surface area contributed by atoms with E-state index in [1.165, 1.54) is 50.6 Å². The van der Waals surface area contributed by atoms with E-state index in [0.717, 1.165) is 24.3 Å². The molecule has 0 unspecified atom stereocenters. The molecular weight excluding hydrogens is 776 g/mol. The maximum absolute atomic E-state index is 12.5. The normalized spacial score (nSPS) is 27.4. The lowest BCUT2D eigenvalue weighted by Gasteiger charge is -2.42. The van der Waals surface area contributed by atoms with Gasteiger partial charge in [-0.3, -0.25) is 0 Å². The average Bonchev–Trinajstić information content (AvgIpc) is 3.20. The molecule has 3 heterocycles. The number of phenolic OH excluding ortho intramolecular Hbond substituents is 5. The third kappa shape index (κ3) is 8.74. The fourth-order valence-corrected chi connectivity index (χ4v) is 6.18. The molecule has 10 atom stereocenters. The van der Waals surface area contributed by atoms with Gasteiger partial charge < -0.3 is 89.3 Å². The zero-order valence-corrected chi connectivity index (χ0v) is 30.6. The molecule has 0 radical (unpaired) electrons. The van der Waals surface area contributed by atoms with Gasteiger partial charge >= 0.3 is 17.3 Å². The summed E-state index contributed by atoms with van der Waals surface area (Å²) in [7, 11) is 2.65. The number of rotatable bonds is 12. The summed E-state index contributed by atoms with van der Waals surface area (Å²) in [6.07, 6.45) is -15.3. The van der Waals surface area contributed by atoms with Gasteiger partial charge in [0.2, 0.25) is 17.8 Å². The average molecular weight is 818 g/mol. The van der Waals surface area contributed by atoms with Crippen molar-refractivity contribution in [3.63, 3.8) is 0 Å². The van der Waals surface area contributed by atoms with E-state index in [4.69, 9.17) is 37.6 Å². The number of carbonyl (C=O) groups excluding carboxylic acids is 1. The number of aromatic hydroxyl groups is 5. The molecule has 20 nitrogen and oxygen atoms in total. The highest BCUT2D eigenvalue weighted by Crippen LogP contribution is 2.42. The molecule has 312 valence electrons. The molecule has 3 aromatic carbocycles. The highest BCUT2D eigenvalue weighted by molar-refractivity contribution is 5.89. The van der Waals surface area contributed by atoms with Gasteiger partial charge in [-0.25, -0.2) is 9.21 Å². The van der Waals surface area contributed by atoms with E-state index in [-0.39, 0.29) is 51.0 Å². The Balaban J connectivity index is 1.14. The molecule has 2 saturated heterocycles. The molecule has 0 bridgehead atoms. The van der Waals surface area contributed by atoms with E-state index in [0.29, 0.717) is 5.56 Å². The number of phenols is 5. The number of fused-ring (bicyclic) bond motifs is 1. The number of hydrogen-bond donors (Lipinski definition) is 11. The molecular formula is C38H41O20+. The van der Waals surface area contributed by atoms with Gasteiger partial charge in [0.05, 0.1) is 32.5 Å². The Morgan fingerprint density at radius 3 is 1.95 bits per heavy atom. The van der Waals surface area contributed by atoms with Crippen LogP contribution in [0.3, 0.4) is 0 Å². The predicted molar refractivity (Wildman–Crippen MR) is 194 cm³/mol. The Morgan fingerprint density at radius 2 is 1.31 bits per heavy atom. The van der Waals surface area contributed by atoms with Crippen molar-refractivity contribution < 1.29 is 98.5 Å². The minimum atomic E-state index is -1.93. The molecule has 4 aromatic rings. The lowest BCUT2D eigenvalue weighted by molar-refractivity contribution is -0.323. The van der Waals surface area contributed by atoms with Crippen LogP contribution >= 0.6 is 0 Å². The summed E-state index contributed by atoms with van der Waals surface area (Å²) in [6, 6.07) is 9.89. The summed E-state index contributed by atoms with van der Waals surface area (Å²) in [5.41, 5.74) is 0.464. The minimum Gasteiger partial charge on any atom is -0.507 e. The standard InChI is InChI=1S/C38H40O20/c1-51-23-7-15(8-24(52-2)29(23)44)3-6-28(43)53-13-26-30(45)32(47)34(49)37(57-26)54-14-27-31(46)33(48)35(50)38(58-27)56-25-12-18-20(41)10-17(39)11-22(18)55-36(25)16-4-5-19(40)21(42)9-16/h3-12,26-27,30-35,37-38,45-50H,13-14H2,1-2H3,(H4-,39,40,41,42,43,44)/p+1/t26-,27-,30-,31-,32+,33+,34-,35-,37-,38-/m1/s1. The van der Waals surface area contributed by atoms with Crippen LogP contribution in [0.15, 0.2) is 59.0 Å². The van der Waals surface area contributed by atoms with Crippen molar-refractivity contribution in [2.45, 2.75) is 61.4 Å². The van der Waals surface area contributed by atoms with Crippen LogP contribution in [0.2, 0.25) is 0 Å². The second-order valence-electron chi connectivity index (χ2n) is 13.2. The SMILES string of the molecule is COc1cc(/C=C/C(=O)OC[C@H]2O[C@@H](OC[C@H]3O[C@@H](Oc4cc5c(O)cc(O)cc5[o+]c4-c4ccc(O)c(O)c4)[C@H](O)[C@@H](O)[C@@H]3O)[C@H](O)[C@@H](O)[C@@H]2O)cc(OC)c1O. The van der Waals surface area contributed by atoms with E-state index in [2.05, 4.69) is 0 Å². The number of benzene rings is 3. The maximum Gasteiger partial charge on any atom is 0.402 e. The molecule has 2 aliphatic heterocycles. The largest absolute Gasteiger partial charge is 0.507 e. The number of ether oxygens (including phenoxy) is 7. The number of aliphatic hydroxyl groups excluding tert-OH is 6. The number of methoxy groups -OCH3 is 2. The molecule has 0 amide bonds. The van der Waals surface area contributed by atoms with Crippen molar-refractivity contribution in [1.82, 2.24) is 0 Å². The van der Waals surface area contributed by atoms with Crippen LogP contribution in [-0.2, 0) is 23.7 Å². The van der Waals surface area contributed by atoms with E-state index in [1.807, 2.05) is 0 Å². The van der Waals surface area contributed by atoms with Crippen molar-refractivity contribution in [3.05, 3.63) is 60.2 Å². The van der Waals surface area contributed by atoms with Crippen LogP contribution in [0.1, 0.15) is 5.56 Å². The quantitative estimate of drug-likeness (QED) is 0.0393. The Kier molecular flexibility index (Phi) is 12.6. The predicted octanol–water partition coefficient (Wildman–Crippen LogP) is 0.193. The minimum absolute atomic E-state index is 0.0180. The molecule has 0 spiro atoms. The summed E-state index contributed by atoms with van der Waals surface area (Å²) in [6.45, 7) is -1.32. The Labute approximate surface area is 327 Å². The first-order chi connectivity index (χ1) is 27.6. The summed E-state index contributed by atoms with van der Waals surface area (Å²) >= 11 is 0. The van der Waals surface area contributed by atoms with Crippen molar-refractivity contribution in [2.24, 2.45) is 0 Å². The third-order valence-corrected chi connectivity index (χ3v) is 9.36. The first-order valence-corrected chi connectivity index (χ1v) is 17.4. The van der Waals surface area contributed by atoms with Crippen LogP contribution in [0.5, 0.6) is 46.0 Å². The molecule has 2 fully saturated rings. The van der Waals surface area contributed by atoms with Crippen LogP contribution in [0.4, 0.5) is 0 Å². The maximum atomic E-state index is 12.5. The molecule has 11 N–H and O–H groups in total.